The lowest BCUT2D eigenvalue weighted by atomic mass is 10.2. The van der Waals surface area contributed by atoms with Gasteiger partial charge in [0.1, 0.15) is 6.10 Å². The number of H-pyrrole nitrogens is 1. The van der Waals surface area contributed by atoms with Crippen molar-refractivity contribution in [3.8, 4) is 0 Å². The Balaban J connectivity index is 2.90. The van der Waals surface area contributed by atoms with Gasteiger partial charge in [-0.05, 0) is 18.1 Å². The lowest BCUT2D eigenvalue weighted by Gasteiger charge is -2.37. The molecule has 0 aliphatic rings. The predicted molar refractivity (Wildman–Crippen MR) is 108 cm³/mol. The predicted octanol–water partition coefficient (Wildman–Crippen LogP) is 1.10. The summed E-state index contributed by atoms with van der Waals surface area (Å²) in [6.07, 6.45) is -0.139. The Hall–Kier alpha value is -1.30. The second-order valence-corrected chi connectivity index (χ2v) is 12.9. The van der Waals surface area contributed by atoms with E-state index in [4.69, 9.17) is 18.6 Å². The van der Waals surface area contributed by atoms with Crippen molar-refractivity contribution < 1.29 is 23.7 Å². The number of ether oxygens (including phenoxy) is 3. The third-order valence-electron chi connectivity index (χ3n) is 4.84. The number of methoxy groups -OCH3 is 1. The van der Waals surface area contributed by atoms with E-state index in [-0.39, 0.29) is 24.9 Å². The zero-order valence-electron chi connectivity index (χ0n) is 17.7. The number of aliphatic hydroxyl groups excluding tert-OH is 1. The minimum Gasteiger partial charge on any atom is -0.414 e. The van der Waals surface area contributed by atoms with Gasteiger partial charge >= 0.3 is 5.69 Å². The van der Waals surface area contributed by atoms with Crippen LogP contribution in [0.25, 0.3) is 0 Å². The van der Waals surface area contributed by atoms with Crippen LogP contribution in [0.5, 0.6) is 0 Å². The molecule has 0 saturated carbocycles. The molecule has 1 aromatic heterocycles. The van der Waals surface area contributed by atoms with E-state index in [1.54, 1.807) is 7.11 Å². The van der Waals surface area contributed by atoms with Crippen LogP contribution in [0.2, 0.25) is 18.1 Å². The molecule has 28 heavy (non-hydrogen) atoms. The highest BCUT2D eigenvalue weighted by molar-refractivity contribution is 6.74. The second-order valence-electron chi connectivity index (χ2n) is 8.05. The van der Waals surface area contributed by atoms with E-state index < -0.39 is 31.9 Å². The third kappa shape index (κ3) is 7.61. The minimum atomic E-state index is -2.02. The van der Waals surface area contributed by atoms with Gasteiger partial charge in [0, 0.05) is 19.4 Å². The first kappa shape index (κ1) is 24.7. The van der Waals surface area contributed by atoms with E-state index in [9.17, 15) is 14.7 Å². The lowest BCUT2D eigenvalue weighted by molar-refractivity contribution is -0.125. The number of aliphatic hydroxyl groups is 1. The molecule has 1 aromatic rings. The van der Waals surface area contributed by atoms with Crippen LogP contribution in [-0.4, -0.2) is 69.2 Å². The normalized spacial score (nSPS) is 14.8. The van der Waals surface area contributed by atoms with Crippen molar-refractivity contribution in [1.29, 1.82) is 0 Å². The first-order valence-corrected chi connectivity index (χ1v) is 12.2. The van der Waals surface area contributed by atoms with Crippen molar-refractivity contribution in [2.24, 2.45) is 0 Å². The molecule has 162 valence electrons. The summed E-state index contributed by atoms with van der Waals surface area (Å²) in [6, 6.07) is 1.23. The van der Waals surface area contributed by atoms with Crippen molar-refractivity contribution in [2.75, 3.05) is 40.1 Å². The van der Waals surface area contributed by atoms with Crippen LogP contribution in [0.15, 0.2) is 21.9 Å². The fourth-order valence-electron chi connectivity index (χ4n) is 2.04. The molecule has 0 saturated heterocycles. The molecular formula is C18H34N2O7Si. The zero-order chi connectivity index (χ0) is 21.4. The maximum absolute atomic E-state index is 12.1. The third-order valence-corrected chi connectivity index (χ3v) is 9.34. The van der Waals surface area contributed by atoms with Gasteiger partial charge in [-0.2, -0.15) is 0 Å². The molecule has 10 heteroatoms. The van der Waals surface area contributed by atoms with E-state index in [2.05, 4.69) is 38.8 Å². The van der Waals surface area contributed by atoms with Crippen LogP contribution in [0.3, 0.4) is 0 Å². The average molecular weight is 419 g/mol. The smallest absolute Gasteiger partial charge is 0.330 e. The molecule has 2 N–H and O–H groups in total. The van der Waals surface area contributed by atoms with Gasteiger partial charge in [-0.3, -0.25) is 14.3 Å². The average Bonchev–Trinajstić information content (AvgIpc) is 2.60. The van der Waals surface area contributed by atoms with Gasteiger partial charge < -0.3 is 23.7 Å². The van der Waals surface area contributed by atoms with Gasteiger partial charge in [0.05, 0.1) is 33.0 Å². The largest absolute Gasteiger partial charge is 0.414 e. The molecule has 0 amide bonds. The molecular weight excluding hydrogens is 384 g/mol. The number of rotatable bonds is 12. The molecule has 0 aliphatic carbocycles. The highest BCUT2D eigenvalue weighted by Gasteiger charge is 2.37. The lowest BCUT2D eigenvalue weighted by Crippen LogP contribution is -2.44. The van der Waals surface area contributed by atoms with Gasteiger partial charge in [-0.25, -0.2) is 4.79 Å². The van der Waals surface area contributed by atoms with Crippen LogP contribution in [0, 0.1) is 0 Å². The summed E-state index contributed by atoms with van der Waals surface area (Å²) < 4.78 is 23.7. The topological polar surface area (TPSA) is 112 Å². The van der Waals surface area contributed by atoms with Crippen molar-refractivity contribution >= 4 is 8.32 Å². The summed E-state index contributed by atoms with van der Waals surface area (Å²) in [5.41, 5.74) is -1.12. The molecule has 0 aliphatic heterocycles. The van der Waals surface area contributed by atoms with E-state index in [0.29, 0.717) is 13.2 Å². The molecule has 2 atom stereocenters. The zero-order valence-corrected chi connectivity index (χ0v) is 18.7. The van der Waals surface area contributed by atoms with E-state index in [0.717, 1.165) is 0 Å². The number of aromatic amines is 1. The summed E-state index contributed by atoms with van der Waals surface area (Å²) >= 11 is 0. The number of hydrogen-bond donors (Lipinski definition) is 2. The monoisotopic (exact) mass is 418 g/mol. The van der Waals surface area contributed by atoms with E-state index in [1.807, 2.05) is 0 Å². The molecule has 0 bridgehead atoms. The molecule has 0 aromatic carbocycles. The number of nitrogens with zero attached hydrogens (tertiary/aromatic N) is 1. The van der Waals surface area contributed by atoms with Gasteiger partial charge in [0.25, 0.3) is 5.56 Å². The summed E-state index contributed by atoms with van der Waals surface area (Å²) in [5.74, 6) is 0. The van der Waals surface area contributed by atoms with Gasteiger partial charge in [-0.15, -0.1) is 0 Å². The Morgan fingerprint density at radius 2 is 1.89 bits per heavy atom. The van der Waals surface area contributed by atoms with Crippen LogP contribution in [0.1, 0.15) is 27.0 Å². The number of hydrogen-bond acceptors (Lipinski definition) is 7. The highest BCUT2D eigenvalue weighted by Crippen LogP contribution is 2.36. The van der Waals surface area contributed by atoms with E-state index in [1.165, 1.54) is 16.8 Å². The van der Waals surface area contributed by atoms with Gasteiger partial charge in [0.2, 0.25) is 0 Å². The molecule has 0 radical (unpaired) electrons. The molecule has 9 nitrogen and oxygen atoms in total. The Kier molecular flexibility index (Phi) is 9.74. The SMILES string of the molecule is COCCOC[C@@H](OC(CO)CO[Si](C)(C)C(C)(C)C)n1ccc(=O)[nH]c1=O. The molecule has 1 unspecified atom stereocenters. The fourth-order valence-corrected chi connectivity index (χ4v) is 3.08. The quantitative estimate of drug-likeness (QED) is 0.386. The molecule has 0 spiro atoms. The fraction of sp³-hybridized carbons (Fsp3) is 0.778. The first-order valence-electron chi connectivity index (χ1n) is 9.30. The van der Waals surface area contributed by atoms with Crippen molar-refractivity contribution in [3.05, 3.63) is 33.1 Å². The molecule has 1 rings (SSSR count). The first-order chi connectivity index (χ1) is 13.0. The highest BCUT2D eigenvalue weighted by atomic mass is 28.4. The molecule has 0 fully saturated rings. The Labute approximate surface area is 166 Å². The maximum atomic E-state index is 12.1. The molecule has 1 heterocycles. The summed E-state index contributed by atoms with van der Waals surface area (Å²) in [5, 5.41) is 9.77. The van der Waals surface area contributed by atoms with Crippen molar-refractivity contribution in [2.45, 2.75) is 51.2 Å². The van der Waals surface area contributed by atoms with Crippen LogP contribution in [0.4, 0.5) is 0 Å². The minimum absolute atomic E-state index is 0.0194. The Morgan fingerprint density at radius 3 is 2.43 bits per heavy atom. The van der Waals surface area contributed by atoms with Crippen molar-refractivity contribution in [1.82, 2.24) is 9.55 Å². The standard InChI is InChI=1S/C18H34N2O7Si/c1-18(2,3)28(5,6)26-12-14(11-21)27-16(13-25-10-9-24-4)20-8-7-15(22)19-17(20)23/h7-8,14,16,21H,9-13H2,1-6H3,(H,19,22,23)/t14?,16-/m1/s1. The van der Waals surface area contributed by atoms with Crippen molar-refractivity contribution in [3.63, 3.8) is 0 Å². The van der Waals surface area contributed by atoms with Gasteiger partial charge in [0.15, 0.2) is 14.5 Å². The summed E-state index contributed by atoms with van der Waals surface area (Å²) in [6.45, 7) is 11.3. The summed E-state index contributed by atoms with van der Waals surface area (Å²) in [4.78, 5) is 25.7. The summed E-state index contributed by atoms with van der Waals surface area (Å²) in [7, 11) is -0.464. The van der Waals surface area contributed by atoms with Gasteiger partial charge in [-0.1, -0.05) is 20.8 Å². The second kappa shape index (κ2) is 11.0. The Bertz CT molecular complexity index is 696. The van der Waals surface area contributed by atoms with Crippen LogP contribution < -0.4 is 11.2 Å². The number of aromatic nitrogens is 2. The van der Waals surface area contributed by atoms with Crippen LogP contribution >= 0.6 is 0 Å². The van der Waals surface area contributed by atoms with Crippen LogP contribution in [-0.2, 0) is 18.6 Å². The Morgan fingerprint density at radius 1 is 1.21 bits per heavy atom. The maximum Gasteiger partial charge on any atom is 0.330 e. The van der Waals surface area contributed by atoms with E-state index >= 15 is 0 Å². The number of nitrogens with one attached hydrogen (secondary N) is 1.